The van der Waals surface area contributed by atoms with Crippen LogP contribution in [0.15, 0.2) is 77.8 Å². The van der Waals surface area contributed by atoms with E-state index in [-0.39, 0.29) is 5.97 Å². The first-order chi connectivity index (χ1) is 50.9. The Morgan fingerprint density at radius 3 is 1.29 bits per heavy atom. The summed E-state index contributed by atoms with van der Waals surface area (Å²) in [5, 5.41) is 0. The molecule has 0 aliphatic carbocycles. The normalized spacial score (nSPS) is 13.6. The lowest BCUT2D eigenvalue weighted by molar-refractivity contribution is -0.144. The van der Waals surface area contributed by atoms with Gasteiger partial charge in [-0.2, -0.15) is 0 Å². The predicted octanol–water partition coefficient (Wildman–Crippen LogP) is 15.7. The van der Waals surface area contributed by atoms with Gasteiger partial charge in [-0.05, 0) is 85.5 Å². The largest absolute Gasteiger partial charge is 0.464 e. The summed E-state index contributed by atoms with van der Waals surface area (Å²) >= 11 is 0. The molecule has 0 unspecified atom stereocenters. The molecule has 0 bridgehead atoms. The van der Waals surface area contributed by atoms with Crippen LogP contribution >= 0.6 is 0 Å². The molecule has 0 radical (unpaired) electrons. The van der Waals surface area contributed by atoms with Crippen molar-refractivity contribution < 1.29 is 66.4 Å². The van der Waals surface area contributed by atoms with Gasteiger partial charge in [-0.25, -0.2) is 0 Å². The Bertz CT molecular complexity index is 2270. The van der Waals surface area contributed by atoms with E-state index >= 15 is 0 Å². The molecule has 0 saturated carbocycles. The Kier molecular flexibility index (Phi) is 68.9. The van der Waals surface area contributed by atoms with Gasteiger partial charge in [0.15, 0.2) is 0 Å². The van der Waals surface area contributed by atoms with Crippen molar-refractivity contribution in [1.82, 2.24) is 19.6 Å². The standard InChI is InChI=1S/C18H35NO3.C15H33N.C14H11N.C13H27NO5.C12H27NO6.C12H19N/c1-2-3-4-5-6-7-8-9-10-11-18(20)22-17-14-19-12-15-21-16-13-19;1-4-7-10-13-16(14-11-8-5-2)15-12-9-6-3;1-2-6-11(7-3-1)14-10-12-8-4-5-9-13(12)15-14;1-15-8-9-18-12-13-19-11-10-17-7-4-14-2-5-16-6-3-14;1-14-10-17-7-4-13(5-8-18-11-15-2)6-9-19-12-16-3;1-8(2)10-6-5-7-11(9(3)4)12(10)13/h2-17H2,1H3;4-15H2,1-3H3;1-9H,10H2;2-13H2,1H3;4-12H2,1-3H3;5-9H,13H2,1-4H3. The van der Waals surface area contributed by atoms with E-state index in [1.807, 2.05) is 12.1 Å². The van der Waals surface area contributed by atoms with Crippen LogP contribution in [0.1, 0.15) is 211 Å². The number of fused-ring (bicyclic) bond motifs is 1. The first kappa shape index (κ1) is 98.0. The average Bonchev–Trinajstić information content (AvgIpc) is 1.67. The molecule has 0 amide bonds. The SMILES string of the molecule is CC(C)c1cccc(C(C)C)c1N.CCCCCCCCCCCC(=O)OCCN1CCOCC1.CCCCCN(CCCCC)CCCCC.COCCOCCOCCOCCN1CCOCC1.COCOCCN(CCOCOC)CCOCOC.c1ccc(C2=Nc3ccccc3C2)cc1. The number of esters is 1. The van der Waals surface area contributed by atoms with Crippen LogP contribution in [-0.4, -0.2) is 258 Å². The first-order valence-corrected chi connectivity index (χ1v) is 40.1. The van der Waals surface area contributed by atoms with Gasteiger partial charge in [-0.3, -0.25) is 24.5 Å². The number of nitrogens with zero attached hydrogens (tertiary/aromatic N) is 5. The number of hydrogen-bond acceptors (Lipinski definition) is 20. The summed E-state index contributed by atoms with van der Waals surface area (Å²) < 4.78 is 67.2. The van der Waals surface area contributed by atoms with Crippen LogP contribution in [0.3, 0.4) is 0 Å². The van der Waals surface area contributed by atoms with Gasteiger partial charge in [0.2, 0.25) is 0 Å². The smallest absolute Gasteiger partial charge is 0.305 e. The molecule has 0 spiro atoms. The highest BCUT2D eigenvalue weighted by Gasteiger charge is 2.16. The minimum absolute atomic E-state index is 0.0313. The number of benzene rings is 3. The zero-order valence-corrected chi connectivity index (χ0v) is 68.0. The summed E-state index contributed by atoms with van der Waals surface area (Å²) in [5.41, 5.74) is 14.5. The van der Waals surface area contributed by atoms with Gasteiger partial charge in [0.25, 0.3) is 0 Å². The van der Waals surface area contributed by atoms with Gasteiger partial charge in [0, 0.05) is 106 Å². The van der Waals surface area contributed by atoms with E-state index < -0.39 is 0 Å². The molecule has 2 N–H and O–H groups in total. The number of nitrogens with two attached hydrogens (primary N) is 1. The van der Waals surface area contributed by atoms with E-state index in [0.29, 0.717) is 105 Å². The van der Waals surface area contributed by atoms with Crippen molar-refractivity contribution in [3.05, 3.63) is 95.1 Å². The van der Waals surface area contributed by atoms with Crippen LogP contribution in [0.4, 0.5) is 11.4 Å². The van der Waals surface area contributed by atoms with Crippen LogP contribution in [0, 0.1) is 0 Å². The fourth-order valence-electron chi connectivity index (χ4n) is 11.4. The third-order valence-electron chi connectivity index (χ3n) is 17.7. The maximum Gasteiger partial charge on any atom is 0.305 e. The van der Waals surface area contributed by atoms with Crippen molar-refractivity contribution in [2.75, 3.05) is 232 Å². The minimum atomic E-state index is -0.0313. The summed E-state index contributed by atoms with van der Waals surface area (Å²) in [6.07, 6.45) is 25.5. The first-order valence-electron chi connectivity index (χ1n) is 40.1. The van der Waals surface area contributed by atoms with Crippen molar-refractivity contribution in [3.63, 3.8) is 0 Å². The van der Waals surface area contributed by atoms with Crippen LogP contribution < -0.4 is 5.73 Å². The van der Waals surface area contributed by atoms with Crippen molar-refractivity contribution in [2.24, 2.45) is 4.99 Å². The van der Waals surface area contributed by atoms with Crippen LogP contribution in [0.5, 0.6) is 0 Å². The number of unbranched alkanes of at least 4 members (excludes halogenated alkanes) is 14. The van der Waals surface area contributed by atoms with Crippen molar-refractivity contribution in [2.45, 2.75) is 196 Å². The Morgan fingerprint density at radius 1 is 0.442 bits per heavy atom. The average molecular weight is 1470 g/mol. The molecule has 20 heteroatoms. The van der Waals surface area contributed by atoms with E-state index in [2.05, 4.69) is 141 Å². The minimum Gasteiger partial charge on any atom is -0.464 e. The molecule has 0 atom stereocenters. The van der Waals surface area contributed by atoms with Gasteiger partial charge < -0.3 is 72.2 Å². The lowest BCUT2D eigenvalue weighted by atomic mass is 9.93. The second-order valence-corrected chi connectivity index (χ2v) is 27.2. The number of carbonyl (C=O) groups is 1. The summed E-state index contributed by atoms with van der Waals surface area (Å²) in [6.45, 7) is 41.1. The van der Waals surface area contributed by atoms with Gasteiger partial charge in [0.05, 0.1) is 104 Å². The summed E-state index contributed by atoms with van der Waals surface area (Å²) in [6, 6.07) is 25.0. The Morgan fingerprint density at radius 2 is 0.846 bits per heavy atom. The summed E-state index contributed by atoms with van der Waals surface area (Å²) in [7, 11) is 6.48. The molecular weight excluding hydrogens is 1320 g/mol. The second kappa shape index (κ2) is 73.1. The second-order valence-electron chi connectivity index (χ2n) is 27.2. The number of anilines is 1. The van der Waals surface area contributed by atoms with Gasteiger partial charge in [-0.15, -0.1) is 0 Å². The van der Waals surface area contributed by atoms with Gasteiger partial charge in [0.1, 0.15) is 27.0 Å². The molecule has 0 aromatic heterocycles. The number of nitrogen functional groups attached to an aromatic ring is 1. The highest BCUT2D eigenvalue weighted by atomic mass is 16.7. The third kappa shape index (κ3) is 56.2. The van der Waals surface area contributed by atoms with E-state index in [0.717, 1.165) is 123 Å². The molecule has 3 aromatic carbocycles. The highest BCUT2D eigenvalue weighted by Crippen LogP contribution is 2.30. The number of hydrogen-bond donors (Lipinski definition) is 1. The fraction of sp³-hybridized carbons (Fsp3) is 0.762. The molecule has 3 heterocycles. The molecule has 104 heavy (non-hydrogen) atoms. The van der Waals surface area contributed by atoms with E-state index in [1.165, 1.54) is 150 Å². The topological polar surface area (TPSA) is 188 Å². The number of aliphatic imine (C=N–C) groups is 1. The van der Waals surface area contributed by atoms with E-state index in [4.69, 9.17) is 67.3 Å². The quantitative estimate of drug-likeness (QED) is 0.0243. The number of carbonyl (C=O) groups excluding carboxylic acids is 1. The summed E-state index contributed by atoms with van der Waals surface area (Å²) in [5.74, 6) is 0.994. The molecule has 602 valence electrons. The highest BCUT2D eigenvalue weighted by molar-refractivity contribution is 6.06. The number of ether oxygens (including phenoxy) is 13. The third-order valence-corrected chi connectivity index (χ3v) is 17.7. The maximum atomic E-state index is 11.6. The van der Waals surface area contributed by atoms with Crippen molar-refractivity contribution in [3.8, 4) is 0 Å². The van der Waals surface area contributed by atoms with Crippen molar-refractivity contribution in [1.29, 1.82) is 0 Å². The van der Waals surface area contributed by atoms with Crippen molar-refractivity contribution >= 4 is 23.1 Å². The van der Waals surface area contributed by atoms with Crippen LogP contribution in [0.25, 0.3) is 0 Å². The molecule has 2 fully saturated rings. The maximum absolute atomic E-state index is 11.6. The molecule has 6 rings (SSSR count). The molecule has 3 aromatic rings. The Labute approximate surface area is 634 Å². The zero-order chi connectivity index (χ0) is 75.8. The molecular formula is C84H152N6O14. The zero-order valence-electron chi connectivity index (χ0n) is 68.0. The van der Waals surface area contributed by atoms with Gasteiger partial charge in [-0.1, -0.05) is 212 Å². The van der Waals surface area contributed by atoms with E-state index in [9.17, 15) is 4.79 Å². The molecule has 20 nitrogen and oxygen atoms in total. The predicted molar refractivity (Wildman–Crippen MR) is 428 cm³/mol. The number of rotatable bonds is 55. The number of para-hydroxylation sites is 2. The Hall–Kier alpha value is -4.04. The van der Waals surface area contributed by atoms with E-state index in [1.54, 1.807) is 28.4 Å². The summed E-state index contributed by atoms with van der Waals surface area (Å²) in [4.78, 5) is 25.8. The monoisotopic (exact) mass is 1470 g/mol. The number of morpholine rings is 2. The lowest BCUT2D eigenvalue weighted by Gasteiger charge is -2.26. The van der Waals surface area contributed by atoms with Crippen LogP contribution in [0.2, 0.25) is 0 Å². The molecule has 3 aliphatic heterocycles. The van der Waals surface area contributed by atoms with Gasteiger partial charge >= 0.3 is 5.97 Å². The molecule has 3 aliphatic rings. The fourth-order valence-corrected chi connectivity index (χ4v) is 11.4. The Balaban J connectivity index is 0.000000628. The molecule has 2 saturated heterocycles. The van der Waals surface area contributed by atoms with Crippen LogP contribution in [-0.2, 0) is 72.8 Å². The number of methoxy groups -OCH3 is 4. The lowest BCUT2D eigenvalue weighted by Crippen LogP contribution is -2.38.